The van der Waals surface area contributed by atoms with Crippen molar-refractivity contribution in [2.75, 3.05) is 19.6 Å². The van der Waals surface area contributed by atoms with E-state index in [-0.39, 0.29) is 0 Å². The number of hydrogen-bond donors (Lipinski definition) is 1. The van der Waals surface area contributed by atoms with Gasteiger partial charge in [0.1, 0.15) is 5.82 Å². The summed E-state index contributed by atoms with van der Waals surface area (Å²) in [5.41, 5.74) is 0.771. The second-order valence-electron chi connectivity index (χ2n) is 6.46. The van der Waals surface area contributed by atoms with Gasteiger partial charge in [0.15, 0.2) is 0 Å². The second kappa shape index (κ2) is 7.04. The first-order chi connectivity index (χ1) is 11.5. The molecule has 0 saturated carbocycles. The standard InChI is InChI=1S/C17H24N4O2S/c1-14-5-3-4-6-16(14)24(22,23)19-11-15-7-9-21(12-15)13-17-18-8-10-20(17)2/h3-6,8,10,15,19H,7,9,11-13H2,1-2H3/t15-/m0/s1. The van der Waals surface area contributed by atoms with Gasteiger partial charge in [0.25, 0.3) is 0 Å². The maximum absolute atomic E-state index is 12.5. The minimum Gasteiger partial charge on any atom is -0.337 e. The summed E-state index contributed by atoms with van der Waals surface area (Å²) in [5, 5.41) is 0. The van der Waals surface area contributed by atoms with Crippen LogP contribution in [0.15, 0.2) is 41.6 Å². The summed E-state index contributed by atoms with van der Waals surface area (Å²) in [6, 6.07) is 7.07. The molecule has 1 saturated heterocycles. The molecule has 1 N–H and O–H groups in total. The van der Waals surface area contributed by atoms with E-state index in [1.165, 1.54) is 0 Å². The van der Waals surface area contributed by atoms with Crippen molar-refractivity contribution in [1.29, 1.82) is 0 Å². The number of sulfonamides is 1. The van der Waals surface area contributed by atoms with Crippen LogP contribution >= 0.6 is 0 Å². The second-order valence-corrected chi connectivity index (χ2v) is 8.20. The zero-order valence-corrected chi connectivity index (χ0v) is 15.0. The SMILES string of the molecule is Cc1ccccc1S(=O)(=O)NC[C@@H]1CCN(Cc2nccn2C)C1. The molecular formula is C17H24N4O2S. The lowest BCUT2D eigenvalue weighted by Gasteiger charge is -2.16. The molecule has 24 heavy (non-hydrogen) atoms. The molecule has 1 aromatic carbocycles. The molecule has 2 aromatic rings. The van der Waals surface area contributed by atoms with Crippen molar-refractivity contribution in [1.82, 2.24) is 19.2 Å². The molecule has 2 heterocycles. The van der Waals surface area contributed by atoms with Crippen LogP contribution in [0.2, 0.25) is 0 Å². The van der Waals surface area contributed by atoms with Crippen molar-refractivity contribution in [3.63, 3.8) is 0 Å². The molecular weight excluding hydrogens is 324 g/mol. The van der Waals surface area contributed by atoms with Crippen LogP contribution in [0.25, 0.3) is 0 Å². The molecule has 0 bridgehead atoms. The van der Waals surface area contributed by atoms with E-state index < -0.39 is 10.0 Å². The van der Waals surface area contributed by atoms with Crippen LogP contribution in [0.3, 0.4) is 0 Å². The molecule has 3 rings (SSSR count). The Balaban J connectivity index is 1.54. The highest BCUT2D eigenvalue weighted by Gasteiger charge is 2.25. The number of rotatable bonds is 6. The number of nitrogens with one attached hydrogen (secondary N) is 1. The van der Waals surface area contributed by atoms with E-state index in [2.05, 4.69) is 14.6 Å². The Morgan fingerprint density at radius 3 is 2.83 bits per heavy atom. The minimum atomic E-state index is -3.44. The van der Waals surface area contributed by atoms with Crippen molar-refractivity contribution in [2.45, 2.75) is 24.8 Å². The summed E-state index contributed by atoms with van der Waals surface area (Å²) < 4.78 is 29.7. The van der Waals surface area contributed by atoms with Crippen molar-refractivity contribution >= 4 is 10.0 Å². The Bertz CT molecular complexity index is 800. The van der Waals surface area contributed by atoms with Crippen molar-refractivity contribution in [3.05, 3.63) is 48.0 Å². The third-order valence-electron chi connectivity index (χ3n) is 4.60. The summed E-state index contributed by atoms with van der Waals surface area (Å²) in [6.07, 6.45) is 4.75. The highest BCUT2D eigenvalue weighted by molar-refractivity contribution is 7.89. The van der Waals surface area contributed by atoms with Gasteiger partial charge in [-0.15, -0.1) is 0 Å². The van der Waals surface area contributed by atoms with E-state index in [9.17, 15) is 8.42 Å². The Morgan fingerprint density at radius 1 is 1.33 bits per heavy atom. The van der Waals surface area contributed by atoms with E-state index in [1.54, 1.807) is 18.3 Å². The largest absolute Gasteiger partial charge is 0.337 e. The summed E-state index contributed by atoms with van der Waals surface area (Å²) in [6.45, 7) is 4.98. The van der Waals surface area contributed by atoms with Gasteiger partial charge < -0.3 is 4.57 Å². The lowest BCUT2D eigenvalue weighted by atomic mass is 10.1. The first-order valence-electron chi connectivity index (χ1n) is 8.19. The van der Waals surface area contributed by atoms with E-state index in [1.807, 2.05) is 36.9 Å². The molecule has 6 nitrogen and oxygen atoms in total. The number of aromatic nitrogens is 2. The molecule has 0 aliphatic carbocycles. The Morgan fingerprint density at radius 2 is 2.12 bits per heavy atom. The predicted molar refractivity (Wildman–Crippen MR) is 93.0 cm³/mol. The smallest absolute Gasteiger partial charge is 0.240 e. The van der Waals surface area contributed by atoms with Gasteiger partial charge in [0.2, 0.25) is 10.0 Å². The number of likely N-dealkylation sites (tertiary alicyclic amines) is 1. The Hall–Kier alpha value is -1.70. The van der Waals surface area contributed by atoms with Crippen LogP contribution in [0.1, 0.15) is 17.8 Å². The summed E-state index contributed by atoms with van der Waals surface area (Å²) in [5.74, 6) is 1.38. The summed E-state index contributed by atoms with van der Waals surface area (Å²) in [7, 11) is -1.45. The maximum atomic E-state index is 12.5. The number of nitrogens with zero attached hydrogens (tertiary/aromatic N) is 3. The molecule has 0 unspecified atom stereocenters. The van der Waals surface area contributed by atoms with E-state index >= 15 is 0 Å². The third kappa shape index (κ3) is 3.85. The normalized spacial score (nSPS) is 19.0. The third-order valence-corrected chi connectivity index (χ3v) is 6.18. The molecule has 130 valence electrons. The topological polar surface area (TPSA) is 67.2 Å². The van der Waals surface area contributed by atoms with Crippen LogP contribution in [-0.2, 0) is 23.6 Å². The van der Waals surface area contributed by atoms with Crippen molar-refractivity contribution in [2.24, 2.45) is 13.0 Å². The first-order valence-corrected chi connectivity index (χ1v) is 9.68. The average Bonchev–Trinajstić information content (AvgIpc) is 3.16. The fourth-order valence-corrected chi connectivity index (χ4v) is 4.50. The molecule has 1 aliphatic rings. The molecule has 1 fully saturated rings. The van der Waals surface area contributed by atoms with Gasteiger partial charge in [-0.05, 0) is 37.4 Å². The van der Waals surface area contributed by atoms with Gasteiger partial charge in [0, 0.05) is 32.5 Å². The number of imidazole rings is 1. The summed E-state index contributed by atoms with van der Waals surface area (Å²) >= 11 is 0. The van der Waals surface area contributed by atoms with Gasteiger partial charge in [0.05, 0.1) is 11.4 Å². The van der Waals surface area contributed by atoms with Crippen molar-refractivity contribution in [3.8, 4) is 0 Å². The summed E-state index contributed by atoms with van der Waals surface area (Å²) in [4.78, 5) is 7.05. The highest BCUT2D eigenvalue weighted by atomic mass is 32.2. The number of aryl methyl sites for hydroxylation is 2. The molecule has 1 aliphatic heterocycles. The quantitative estimate of drug-likeness (QED) is 0.860. The van der Waals surface area contributed by atoms with E-state index in [4.69, 9.17) is 0 Å². The van der Waals surface area contributed by atoms with Crippen LogP contribution in [0.4, 0.5) is 0 Å². The fraction of sp³-hybridized carbons (Fsp3) is 0.471. The number of hydrogen-bond acceptors (Lipinski definition) is 4. The Labute approximate surface area is 143 Å². The van der Waals surface area contributed by atoms with Crippen LogP contribution in [-0.4, -0.2) is 42.5 Å². The first kappa shape index (κ1) is 17.1. The van der Waals surface area contributed by atoms with Gasteiger partial charge in [-0.3, -0.25) is 4.90 Å². The molecule has 0 spiro atoms. The van der Waals surface area contributed by atoms with Crippen LogP contribution in [0.5, 0.6) is 0 Å². The van der Waals surface area contributed by atoms with Gasteiger partial charge in [-0.25, -0.2) is 18.1 Å². The Kier molecular flexibility index (Phi) is 5.03. The van der Waals surface area contributed by atoms with Crippen molar-refractivity contribution < 1.29 is 8.42 Å². The van der Waals surface area contributed by atoms with E-state index in [0.29, 0.717) is 17.4 Å². The predicted octanol–water partition coefficient (Wildman–Crippen LogP) is 1.53. The minimum absolute atomic E-state index is 0.337. The average molecular weight is 348 g/mol. The lowest BCUT2D eigenvalue weighted by Crippen LogP contribution is -2.31. The molecule has 0 radical (unpaired) electrons. The van der Waals surface area contributed by atoms with Gasteiger partial charge in [-0.1, -0.05) is 18.2 Å². The zero-order chi connectivity index (χ0) is 17.2. The van der Waals surface area contributed by atoms with Gasteiger partial charge >= 0.3 is 0 Å². The van der Waals surface area contributed by atoms with E-state index in [0.717, 1.165) is 37.4 Å². The lowest BCUT2D eigenvalue weighted by molar-refractivity contribution is 0.305. The molecule has 7 heteroatoms. The number of benzene rings is 1. The van der Waals surface area contributed by atoms with Gasteiger partial charge in [-0.2, -0.15) is 0 Å². The van der Waals surface area contributed by atoms with Crippen LogP contribution in [0, 0.1) is 12.8 Å². The monoisotopic (exact) mass is 348 g/mol. The molecule has 1 atom stereocenters. The fourth-order valence-electron chi connectivity index (χ4n) is 3.14. The van der Waals surface area contributed by atoms with Crippen LogP contribution < -0.4 is 4.72 Å². The maximum Gasteiger partial charge on any atom is 0.240 e. The molecule has 1 aromatic heterocycles. The highest BCUT2D eigenvalue weighted by Crippen LogP contribution is 2.19. The molecule has 0 amide bonds. The zero-order valence-electron chi connectivity index (χ0n) is 14.1.